The van der Waals surface area contributed by atoms with E-state index in [1.165, 1.54) is 12.4 Å². The quantitative estimate of drug-likeness (QED) is 0.755. The summed E-state index contributed by atoms with van der Waals surface area (Å²) >= 11 is 0. The number of nitrogens with zero attached hydrogens (tertiary/aromatic N) is 3. The van der Waals surface area contributed by atoms with Crippen molar-refractivity contribution in [2.24, 2.45) is 0 Å². The smallest absolute Gasteiger partial charge is 0.273 e. The van der Waals surface area contributed by atoms with E-state index in [9.17, 15) is 4.79 Å². The molecule has 0 N–H and O–H groups in total. The van der Waals surface area contributed by atoms with Gasteiger partial charge in [-0.05, 0) is 12.8 Å². The molecule has 2 rings (SSSR count). The fraction of sp³-hybridized carbons (Fsp3) is 0.545. The SMILES string of the molecule is CN(C[C@H]1CCCO1)C(=O)c1cnccn1. The van der Waals surface area contributed by atoms with Gasteiger partial charge in [-0.25, -0.2) is 4.98 Å². The Bertz CT molecular complexity index is 350. The van der Waals surface area contributed by atoms with Gasteiger partial charge in [0.1, 0.15) is 5.69 Å². The fourth-order valence-corrected chi connectivity index (χ4v) is 1.78. The molecular formula is C11H15N3O2. The highest BCUT2D eigenvalue weighted by Gasteiger charge is 2.21. The van der Waals surface area contributed by atoms with Gasteiger partial charge in [0, 0.05) is 32.6 Å². The zero-order valence-corrected chi connectivity index (χ0v) is 9.30. The predicted molar refractivity (Wildman–Crippen MR) is 58.0 cm³/mol. The van der Waals surface area contributed by atoms with Gasteiger partial charge < -0.3 is 9.64 Å². The Labute approximate surface area is 94.5 Å². The van der Waals surface area contributed by atoms with Crippen molar-refractivity contribution in [3.05, 3.63) is 24.3 Å². The highest BCUT2D eigenvalue weighted by molar-refractivity contribution is 5.91. The summed E-state index contributed by atoms with van der Waals surface area (Å²) in [5, 5.41) is 0. The first-order valence-corrected chi connectivity index (χ1v) is 5.40. The van der Waals surface area contributed by atoms with E-state index in [2.05, 4.69) is 9.97 Å². The van der Waals surface area contributed by atoms with Gasteiger partial charge in [-0.2, -0.15) is 0 Å². The summed E-state index contributed by atoms with van der Waals surface area (Å²) in [7, 11) is 1.76. The Balaban J connectivity index is 1.94. The molecule has 0 unspecified atom stereocenters. The number of likely N-dealkylation sites (N-methyl/N-ethyl adjacent to an activating group) is 1. The Morgan fingerprint density at radius 3 is 3.12 bits per heavy atom. The molecule has 2 heterocycles. The zero-order valence-electron chi connectivity index (χ0n) is 9.30. The second-order valence-corrected chi connectivity index (χ2v) is 3.91. The molecular weight excluding hydrogens is 206 g/mol. The molecule has 1 amide bonds. The molecule has 5 heteroatoms. The second-order valence-electron chi connectivity index (χ2n) is 3.91. The highest BCUT2D eigenvalue weighted by Crippen LogP contribution is 2.13. The number of aromatic nitrogens is 2. The van der Waals surface area contributed by atoms with Crippen molar-refractivity contribution in [2.75, 3.05) is 20.2 Å². The summed E-state index contributed by atoms with van der Waals surface area (Å²) in [6.07, 6.45) is 6.83. The van der Waals surface area contributed by atoms with Crippen LogP contribution < -0.4 is 0 Å². The van der Waals surface area contributed by atoms with Crippen LogP contribution >= 0.6 is 0 Å². The van der Waals surface area contributed by atoms with Crippen LogP contribution in [0.4, 0.5) is 0 Å². The first-order chi connectivity index (χ1) is 7.77. The van der Waals surface area contributed by atoms with Gasteiger partial charge in [-0.15, -0.1) is 0 Å². The van der Waals surface area contributed by atoms with Crippen LogP contribution in [-0.4, -0.2) is 47.1 Å². The third-order valence-corrected chi connectivity index (χ3v) is 2.63. The van der Waals surface area contributed by atoms with E-state index < -0.39 is 0 Å². The van der Waals surface area contributed by atoms with E-state index >= 15 is 0 Å². The predicted octanol–water partition coefficient (Wildman–Crippen LogP) is 0.728. The Hall–Kier alpha value is -1.49. The van der Waals surface area contributed by atoms with Gasteiger partial charge in [0.15, 0.2) is 0 Å². The molecule has 5 nitrogen and oxygen atoms in total. The maximum Gasteiger partial charge on any atom is 0.273 e. The first-order valence-electron chi connectivity index (χ1n) is 5.40. The minimum absolute atomic E-state index is 0.108. The molecule has 0 aromatic carbocycles. The van der Waals surface area contributed by atoms with Gasteiger partial charge in [0.05, 0.1) is 12.3 Å². The number of hydrogen-bond acceptors (Lipinski definition) is 4. The van der Waals surface area contributed by atoms with Crippen molar-refractivity contribution in [3.8, 4) is 0 Å². The zero-order chi connectivity index (χ0) is 11.4. The Kier molecular flexibility index (Phi) is 3.46. The molecule has 1 aromatic heterocycles. The molecule has 1 aromatic rings. The minimum atomic E-state index is -0.108. The summed E-state index contributed by atoms with van der Waals surface area (Å²) in [6, 6.07) is 0. The van der Waals surface area contributed by atoms with E-state index in [1.807, 2.05) is 0 Å². The van der Waals surface area contributed by atoms with Crippen LogP contribution in [0.5, 0.6) is 0 Å². The van der Waals surface area contributed by atoms with Gasteiger partial charge in [0.2, 0.25) is 0 Å². The number of amides is 1. The van der Waals surface area contributed by atoms with Crippen LogP contribution in [-0.2, 0) is 4.74 Å². The molecule has 1 saturated heterocycles. The number of carbonyl (C=O) groups excluding carboxylic acids is 1. The van der Waals surface area contributed by atoms with Crippen LogP contribution in [0.3, 0.4) is 0 Å². The number of carbonyl (C=O) groups is 1. The monoisotopic (exact) mass is 221 g/mol. The molecule has 1 fully saturated rings. The van der Waals surface area contributed by atoms with E-state index in [0.717, 1.165) is 19.4 Å². The van der Waals surface area contributed by atoms with Gasteiger partial charge >= 0.3 is 0 Å². The average molecular weight is 221 g/mol. The summed E-state index contributed by atoms with van der Waals surface area (Å²) in [4.78, 5) is 21.4. The molecule has 0 aliphatic carbocycles. The van der Waals surface area contributed by atoms with Crippen LogP contribution in [0, 0.1) is 0 Å². The Morgan fingerprint density at radius 1 is 1.62 bits per heavy atom. The first kappa shape index (κ1) is 11.0. The third-order valence-electron chi connectivity index (χ3n) is 2.63. The molecule has 0 spiro atoms. The average Bonchev–Trinajstić information content (AvgIpc) is 2.82. The van der Waals surface area contributed by atoms with Crippen molar-refractivity contribution >= 4 is 5.91 Å². The lowest BCUT2D eigenvalue weighted by molar-refractivity contribution is 0.0582. The van der Waals surface area contributed by atoms with Gasteiger partial charge in [-0.1, -0.05) is 0 Å². The summed E-state index contributed by atoms with van der Waals surface area (Å²) in [6.45, 7) is 1.42. The normalized spacial score (nSPS) is 19.7. The number of rotatable bonds is 3. The van der Waals surface area contributed by atoms with Gasteiger partial charge in [0.25, 0.3) is 5.91 Å². The maximum atomic E-state index is 11.9. The van der Waals surface area contributed by atoms with Crippen molar-refractivity contribution in [2.45, 2.75) is 18.9 Å². The van der Waals surface area contributed by atoms with Crippen LogP contribution in [0.2, 0.25) is 0 Å². The topological polar surface area (TPSA) is 55.3 Å². The second kappa shape index (κ2) is 5.03. The molecule has 0 radical (unpaired) electrons. The van der Waals surface area contributed by atoms with Crippen molar-refractivity contribution in [1.82, 2.24) is 14.9 Å². The van der Waals surface area contributed by atoms with Crippen molar-refractivity contribution in [1.29, 1.82) is 0 Å². The number of hydrogen-bond donors (Lipinski definition) is 0. The van der Waals surface area contributed by atoms with E-state index in [0.29, 0.717) is 12.2 Å². The summed E-state index contributed by atoms with van der Waals surface area (Å²) < 4.78 is 5.48. The van der Waals surface area contributed by atoms with Crippen LogP contribution in [0.25, 0.3) is 0 Å². The van der Waals surface area contributed by atoms with E-state index in [4.69, 9.17) is 4.74 Å². The van der Waals surface area contributed by atoms with Crippen LogP contribution in [0.1, 0.15) is 23.3 Å². The van der Waals surface area contributed by atoms with Crippen molar-refractivity contribution < 1.29 is 9.53 Å². The third kappa shape index (κ3) is 2.55. The fourth-order valence-electron chi connectivity index (χ4n) is 1.78. The molecule has 1 atom stereocenters. The summed E-state index contributed by atoms with van der Waals surface area (Å²) in [5.41, 5.74) is 0.378. The highest BCUT2D eigenvalue weighted by atomic mass is 16.5. The van der Waals surface area contributed by atoms with Crippen LogP contribution in [0.15, 0.2) is 18.6 Å². The molecule has 0 saturated carbocycles. The lowest BCUT2D eigenvalue weighted by atomic mass is 10.2. The van der Waals surface area contributed by atoms with Crippen molar-refractivity contribution in [3.63, 3.8) is 0 Å². The molecule has 16 heavy (non-hydrogen) atoms. The molecule has 86 valence electrons. The van der Waals surface area contributed by atoms with Gasteiger partial charge in [-0.3, -0.25) is 9.78 Å². The lowest BCUT2D eigenvalue weighted by Gasteiger charge is -2.20. The van der Waals surface area contributed by atoms with E-state index in [1.54, 1.807) is 18.1 Å². The lowest BCUT2D eigenvalue weighted by Crippen LogP contribution is -2.34. The largest absolute Gasteiger partial charge is 0.376 e. The number of ether oxygens (including phenoxy) is 1. The molecule has 1 aliphatic rings. The maximum absolute atomic E-state index is 11.9. The standard InChI is InChI=1S/C11H15N3O2/c1-14(8-9-3-2-6-16-9)11(15)10-7-12-4-5-13-10/h4-5,7,9H,2-3,6,8H2,1H3/t9-/m1/s1. The van der Waals surface area contributed by atoms with E-state index in [-0.39, 0.29) is 12.0 Å². The Morgan fingerprint density at radius 2 is 2.50 bits per heavy atom. The minimum Gasteiger partial charge on any atom is -0.376 e. The molecule has 1 aliphatic heterocycles. The molecule has 0 bridgehead atoms. The summed E-state index contributed by atoms with van der Waals surface area (Å²) in [5.74, 6) is -0.108.